The molecule has 0 saturated carbocycles. The van der Waals surface area contributed by atoms with E-state index in [-0.39, 0.29) is 18.3 Å². The summed E-state index contributed by atoms with van der Waals surface area (Å²) in [5.41, 5.74) is 5.37. The van der Waals surface area contributed by atoms with Crippen LogP contribution in [0, 0.1) is 0 Å². The number of rotatable bonds is 5. The number of amides is 2. The lowest BCUT2D eigenvalue weighted by atomic mass is 10.1. The molecule has 29 heavy (non-hydrogen) atoms. The molecule has 2 heterocycles. The van der Waals surface area contributed by atoms with E-state index in [9.17, 15) is 9.59 Å². The van der Waals surface area contributed by atoms with E-state index in [0.717, 1.165) is 34.3 Å². The predicted molar refractivity (Wildman–Crippen MR) is 111 cm³/mol. The maximum atomic E-state index is 12.6. The summed E-state index contributed by atoms with van der Waals surface area (Å²) < 4.78 is 0.904. The molecule has 3 aromatic rings. The van der Waals surface area contributed by atoms with Crippen LogP contribution in [0.15, 0.2) is 48.0 Å². The molecule has 0 radical (unpaired) electrons. The third kappa shape index (κ3) is 4.97. The Labute approximate surface area is 172 Å². The minimum Gasteiger partial charge on any atom is -0.483 e. The maximum absolute atomic E-state index is 12.6. The summed E-state index contributed by atoms with van der Waals surface area (Å²) in [6.07, 6.45) is 1.56. The summed E-state index contributed by atoms with van der Waals surface area (Å²) in [6.45, 7) is 1.61. The number of benzene rings is 2. The fourth-order valence-corrected chi connectivity index (χ4v) is 4.10. The van der Waals surface area contributed by atoms with Crippen molar-refractivity contribution in [2.75, 3.05) is 6.54 Å². The molecule has 2 aromatic carbocycles. The van der Waals surface area contributed by atoms with Crippen molar-refractivity contribution in [3.05, 3.63) is 64.7 Å². The van der Waals surface area contributed by atoms with Gasteiger partial charge in [-0.25, -0.2) is 4.98 Å². The number of nitrogens with zero attached hydrogens (tertiary/aromatic N) is 2. The first kappa shape index (κ1) is 20.5. The highest BCUT2D eigenvalue weighted by Crippen LogP contribution is 2.22. The molecule has 8 heteroatoms. The van der Waals surface area contributed by atoms with Crippen molar-refractivity contribution in [2.45, 2.75) is 25.9 Å². The number of nitrogens with one attached hydrogen (secondary N) is 1. The van der Waals surface area contributed by atoms with E-state index in [1.165, 1.54) is 11.3 Å². The largest absolute Gasteiger partial charge is 0.483 e. The third-order valence-corrected chi connectivity index (χ3v) is 5.57. The van der Waals surface area contributed by atoms with Gasteiger partial charge < -0.3 is 15.3 Å². The van der Waals surface area contributed by atoms with Crippen molar-refractivity contribution >= 4 is 39.8 Å². The average molecular weight is 411 g/mol. The molecule has 2 N–H and O–H groups in total. The lowest BCUT2D eigenvalue weighted by molar-refractivity contribution is -0.128. The zero-order valence-corrected chi connectivity index (χ0v) is 16.5. The Morgan fingerprint density at radius 3 is 2.69 bits per heavy atom. The molecule has 1 fully saturated rings. The Morgan fingerprint density at radius 1 is 1.21 bits per heavy atom. The molecule has 2 amide bonds. The molecule has 1 saturated heterocycles. The molecule has 1 aliphatic heterocycles. The first-order valence-electron chi connectivity index (χ1n) is 9.17. The fraction of sp³-hybridized carbons (Fsp3) is 0.238. The van der Waals surface area contributed by atoms with Gasteiger partial charge in [-0.2, -0.15) is 0 Å². The van der Waals surface area contributed by atoms with Crippen molar-refractivity contribution in [3.63, 3.8) is 0 Å². The molecule has 0 atom stereocenters. The highest BCUT2D eigenvalue weighted by molar-refractivity contribution is 7.17. The van der Waals surface area contributed by atoms with Gasteiger partial charge in [-0.05, 0) is 29.7 Å². The fourth-order valence-electron chi connectivity index (χ4n) is 3.30. The Morgan fingerprint density at radius 2 is 1.97 bits per heavy atom. The van der Waals surface area contributed by atoms with E-state index in [1.54, 1.807) is 5.51 Å². The van der Waals surface area contributed by atoms with Crippen LogP contribution in [0.5, 0.6) is 0 Å². The van der Waals surface area contributed by atoms with Gasteiger partial charge in [0, 0.05) is 26.1 Å². The first-order chi connectivity index (χ1) is 14.1. The highest BCUT2D eigenvalue weighted by atomic mass is 32.1. The Bertz CT molecular complexity index is 1020. The number of fused-ring (bicyclic) bond motifs is 1. The lowest BCUT2D eigenvalue weighted by Gasteiger charge is -2.18. The van der Waals surface area contributed by atoms with E-state index in [2.05, 4.69) is 10.3 Å². The molecule has 7 nitrogen and oxygen atoms in total. The average Bonchev–Trinajstić information content (AvgIpc) is 3.36. The molecule has 0 aliphatic carbocycles. The second-order valence-corrected chi connectivity index (χ2v) is 7.34. The normalized spacial score (nSPS) is 13.1. The van der Waals surface area contributed by atoms with E-state index < -0.39 is 0 Å². The molecule has 150 valence electrons. The quantitative estimate of drug-likeness (QED) is 0.629. The van der Waals surface area contributed by atoms with Crippen LogP contribution < -0.4 is 5.32 Å². The first-order valence-corrected chi connectivity index (χ1v) is 10.0. The van der Waals surface area contributed by atoms with Gasteiger partial charge in [-0.1, -0.05) is 30.3 Å². The molecule has 4 rings (SSSR count). The number of carboxylic acid groups (broad SMARTS) is 1. The van der Waals surface area contributed by atoms with Gasteiger partial charge in [0.2, 0.25) is 5.91 Å². The van der Waals surface area contributed by atoms with Crippen LogP contribution in [-0.4, -0.2) is 39.8 Å². The molecule has 0 unspecified atom stereocenters. The van der Waals surface area contributed by atoms with Gasteiger partial charge in [-0.3, -0.25) is 14.4 Å². The second kappa shape index (κ2) is 9.79. The van der Waals surface area contributed by atoms with Crippen LogP contribution in [0.1, 0.15) is 34.3 Å². The van der Waals surface area contributed by atoms with Crippen molar-refractivity contribution in [1.29, 1.82) is 0 Å². The number of likely N-dealkylation sites (tertiary alicyclic amines) is 1. The number of hydrogen-bond donors (Lipinski definition) is 2. The molecule has 0 bridgehead atoms. The standard InChI is InChI=1S/C20H19N3O2S.CH2O2/c24-18-9-4-10-23(18)12-15-6-2-1-5-14(15)11-21-20(25)16-7-3-8-17-19(16)26-13-22-17;2-1-3/h1-3,5-8,13H,4,9-12H2,(H,21,25);1H,(H,2,3). The van der Waals surface area contributed by atoms with Crippen molar-refractivity contribution < 1.29 is 19.5 Å². The molecule has 0 spiro atoms. The smallest absolute Gasteiger partial charge is 0.290 e. The van der Waals surface area contributed by atoms with Crippen LogP contribution in [0.3, 0.4) is 0 Å². The minimum absolute atomic E-state index is 0.105. The molecular formula is C21H21N3O4S. The van der Waals surface area contributed by atoms with Gasteiger partial charge in [0.25, 0.3) is 12.4 Å². The van der Waals surface area contributed by atoms with Crippen molar-refractivity contribution in [1.82, 2.24) is 15.2 Å². The summed E-state index contributed by atoms with van der Waals surface area (Å²) >= 11 is 1.47. The van der Waals surface area contributed by atoms with E-state index in [1.807, 2.05) is 47.4 Å². The third-order valence-electron chi connectivity index (χ3n) is 4.69. The topological polar surface area (TPSA) is 99.6 Å². The summed E-state index contributed by atoms with van der Waals surface area (Å²) in [6, 6.07) is 13.5. The van der Waals surface area contributed by atoms with Crippen LogP contribution in [0.25, 0.3) is 10.2 Å². The number of aromatic nitrogens is 1. The number of carbonyl (C=O) groups is 3. The van der Waals surface area contributed by atoms with Crippen LogP contribution in [0.4, 0.5) is 0 Å². The monoisotopic (exact) mass is 411 g/mol. The van der Waals surface area contributed by atoms with Crippen LogP contribution in [-0.2, 0) is 22.7 Å². The van der Waals surface area contributed by atoms with Gasteiger partial charge >= 0.3 is 0 Å². The van der Waals surface area contributed by atoms with E-state index >= 15 is 0 Å². The molecule has 1 aromatic heterocycles. The van der Waals surface area contributed by atoms with Gasteiger partial charge in [0.1, 0.15) is 0 Å². The highest BCUT2D eigenvalue weighted by Gasteiger charge is 2.21. The maximum Gasteiger partial charge on any atom is 0.290 e. The Kier molecular flexibility index (Phi) is 6.91. The summed E-state index contributed by atoms with van der Waals surface area (Å²) in [5.74, 6) is 0.104. The van der Waals surface area contributed by atoms with Crippen LogP contribution in [0.2, 0.25) is 0 Å². The molecule has 1 aliphatic rings. The van der Waals surface area contributed by atoms with Gasteiger partial charge in [0.05, 0.1) is 21.3 Å². The Balaban J connectivity index is 0.000000755. The van der Waals surface area contributed by atoms with Gasteiger partial charge in [0.15, 0.2) is 0 Å². The van der Waals surface area contributed by atoms with Gasteiger partial charge in [-0.15, -0.1) is 11.3 Å². The van der Waals surface area contributed by atoms with E-state index in [0.29, 0.717) is 25.1 Å². The summed E-state index contributed by atoms with van der Waals surface area (Å²) in [4.78, 5) is 39.0. The zero-order chi connectivity index (χ0) is 20.6. The molecular weight excluding hydrogens is 390 g/mol. The SMILES string of the molecule is O=C(NCc1ccccc1CN1CCCC1=O)c1cccc2ncsc12.O=CO. The Hall–Kier alpha value is -3.26. The van der Waals surface area contributed by atoms with Crippen LogP contribution >= 0.6 is 11.3 Å². The zero-order valence-electron chi connectivity index (χ0n) is 15.7. The van der Waals surface area contributed by atoms with E-state index in [4.69, 9.17) is 9.90 Å². The summed E-state index contributed by atoms with van der Waals surface area (Å²) in [5, 5.41) is 9.90. The number of carbonyl (C=O) groups excluding carboxylic acids is 2. The van der Waals surface area contributed by atoms with Crippen molar-refractivity contribution in [2.24, 2.45) is 0 Å². The minimum atomic E-state index is -0.250. The number of hydrogen-bond acceptors (Lipinski definition) is 5. The summed E-state index contributed by atoms with van der Waals surface area (Å²) in [7, 11) is 0. The number of thiazole rings is 1. The second-order valence-electron chi connectivity index (χ2n) is 6.48. The predicted octanol–water partition coefficient (Wildman–Crippen LogP) is 3.05. The lowest BCUT2D eigenvalue weighted by Crippen LogP contribution is -2.26. The van der Waals surface area contributed by atoms with Crippen molar-refractivity contribution in [3.8, 4) is 0 Å².